The molecule has 7 heteroatoms. The molecule has 17 heavy (non-hydrogen) atoms. The second-order valence-electron chi connectivity index (χ2n) is 3.31. The molecule has 0 aliphatic carbocycles. The molecule has 94 valence electrons. The summed E-state index contributed by atoms with van der Waals surface area (Å²) in [6.07, 6.45) is -6.36. The average molecular weight is 328 g/mol. The van der Waals surface area contributed by atoms with E-state index in [1.165, 1.54) is 12.1 Å². The Morgan fingerprint density at radius 1 is 1.47 bits per heavy atom. The van der Waals surface area contributed by atoms with E-state index in [2.05, 4.69) is 15.9 Å². The normalized spacial score (nSPS) is 13.2. The van der Waals surface area contributed by atoms with Crippen LogP contribution in [0.4, 0.5) is 13.2 Å². The Hall–Kier alpha value is -0.820. The molecule has 1 unspecified atom stereocenters. The van der Waals surface area contributed by atoms with Gasteiger partial charge in [-0.1, -0.05) is 28.1 Å². The maximum absolute atomic E-state index is 12.4. The lowest BCUT2D eigenvalue weighted by molar-refractivity contribution is -0.189. The minimum absolute atomic E-state index is 0.0108. The summed E-state index contributed by atoms with van der Waals surface area (Å²) in [7, 11) is 0. The molecular formula is C10H9BrF3NOS. The molecule has 0 heterocycles. The fourth-order valence-corrected chi connectivity index (χ4v) is 1.56. The minimum Gasteiger partial charge on any atom is -0.480 e. The molecule has 1 aromatic rings. The maximum Gasteiger partial charge on any atom is 0.425 e. The van der Waals surface area contributed by atoms with E-state index in [0.717, 1.165) is 6.92 Å². The summed E-state index contributed by atoms with van der Waals surface area (Å²) < 4.78 is 42.5. The van der Waals surface area contributed by atoms with Gasteiger partial charge in [-0.25, -0.2) is 0 Å². The Balaban J connectivity index is 3.04. The molecular weight excluding hydrogens is 319 g/mol. The predicted octanol–water partition coefficient (Wildman–Crippen LogP) is 3.41. The number of ether oxygens (including phenoxy) is 1. The van der Waals surface area contributed by atoms with E-state index in [9.17, 15) is 13.2 Å². The number of rotatable bonds is 3. The van der Waals surface area contributed by atoms with Crippen LogP contribution in [-0.4, -0.2) is 17.3 Å². The number of hydrogen-bond acceptors (Lipinski definition) is 2. The molecule has 0 fully saturated rings. The molecule has 0 bridgehead atoms. The third kappa shape index (κ3) is 3.85. The van der Waals surface area contributed by atoms with E-state index >= 15 is 0 Å². The summed E-state index contributed by atoms with van der Waals surface area (Å²) in [5.41, 5.74) is 5.68. The SMILES string of the molecule is CC(Oc1cc(Br)ccc1C(N)=S)C(F)(F)F. The van der Waals surface area contributed by atoms with Gasteiger partial charge in [-0.3, -0.25) is 0 Å². The first-order valence-corrected chi connectivity index (χ1v) is 5.74. The van der Waals surface area contributed by atoms with Gasteiger partial charge in [0.05, 0.1) is 5.56 Å². The predicted molar refractivity (Wildman–Crippen MR) is 66.2 cm³/mol. The van der Waals surface area contributed by atoms with E-state index in [1.54, 1.807) is 6.07 Å². The summed E-state index contributed by atoms with van der Waals surface area (Å²) in [4.78, 5) is -0.0122. The Bertz CT molecular complexity index is 436. The highest BCUT2D eigenvalue weighted by atomic mass is 79.9. The molecule has 0 aliphatic rings. The maximum atomic E-state index is 12.4. The van der Waals surface area contributed by atoms with Gasteiger partial charge in [-0.2, -0.15) is 13.2 Å². The highest BCUT2D eigenvalue weighted by Gasteiger charge is 2.38. The van der Waals surface area contributed by atoms with Crippen LogP contribution in [-0.2, 0) is 0 Å². The first-order valence-electron chi connectivity index (χ1n) is 4.54. The summed E-state index contributed by atoms with van der Waals surface area (Å²) in [6, 6.07) is 4.53. The zero-order valence-electron chi connectivity index (χ0n) is 8.72. The molecule has 2 nitrogen and oxygen atoms in total. The van der Waals surface area contributed by atoms with Crippen LogP contribution in [0.1, 0.15) is 12.5 Å². The van der Waals surface area contributed by atoms with Gasteiger partial charge in [0.1, 0.15) is 10.7 Å². The number of hydrogen-bond donors (Lipinski definition) is 1. The van der Waals surface area contributed by atoms with E-state index < -0.39 is 12.3 Å². The molecule has 0 spiro atoms. The summed E-state index contributed by atoms with van der Waals surface area (Å²) in [5.74, 6) is 0.0108. The Labute approximate surface area is 110 Å². The van der Waals surface area contributed by atoms with Crippen molar-refractivity contribution in [3.63, 3.8) is 0 Å². The van der Waals surface area contributed by atoms with Gasteiger partial charge >= 0.3 is 6.18 Å². The van der Waals surface area contributed by atoms with Crippen molar-refractivity contribution in [2.75, 3.05) is 0 Å². The highest BCUT2D eigenvalue weighted by Crippen LogP contribution is 2.29. The zero-order chi connectivity index (χ0) is 13.2. The van der Waals surface area contributed by atoms with Gasteiger partial charge in [0.15, 0.2) is 6.10 Å². The van der Waals surface area contributed by atoms with Crippen molar-refractivity contribution in [3.8, 4) is 5.75 Å². The van der Waals surface area contributed by atoms with Gasteiger partial charge in [0.2, 0.25) is 0 Å². The second-order valence-corrected chi connectivity index (χ2v) is 4.66. The number of alkyl halides is 3. The summed E-state index contributed by atoms with van der Waals surface area (Å²) in [5, 5.41) is 0. The van der Waals surface area contributed by atoms with Crippen LogP contribution < -0.4 is 10.5 Å². The van der Waals surface area contributed by atoms with Crippen molar-refractivity contribution in [3.05, 3.63) is 28.2 Å². The van der Waals surface area contributed by atoms with Crippen molar-refractivity contribution >= 4 is 33.1 Å². The smallest absolute Gasteiger partial charge is 0.425 e. The summed E-state index contributed by atoms with van der Waals surface area (Å²) in [6.45, 7) is 0.921. The van der Waals surface area contributed by atoms with Crippen molar-refractivity contribution in [1.82, 2.24) is 0 Å². The molecule has 0 amide bonds. The zero-order valence-corrected chi connectivity index (χ0v) is 11.1. The Kier molecular flexibility index (Phi) is 4.37. The number of halogens is 4. The Morgan fingerprint density at radius 2 is 2.06 bits per heavy atom. The third-order valence-electron chi connectivity index (χ3n) is 1.97. The van der Waals surface area contributed by atoms with Crippen molar-refractivity contribution in [1.29, 1.82) is 0 Å². The highest BCUT2D eigenvalue weighted by molar-refractivity contribution is 9.10. The second kappa shape index (κ2) is 5.22. The van der Waals surface area contributed by atoms with Crippen LogP contribution >= 0.6 is 28.1 Å². The van der Waals surface area contributed by atoms with E-state index in [1.807, 2.05) is 0 Å². The van der Waals surface area contributed by atoms with Crippen molar-refractivity contribution in [2.24, 2.45) is 5.73 Å². The lowest BCUT2D eigenvalue weighted by Crippen LogP contribution is -2.31. The number of thiocarbonyl (C=S) groups is 1. The van der Waals surface area contributed by atoms with Crippen LogP contribution in [0.25, 0.3) is 0 Å². The van der Waals surface area contributed by atoms with Crippen LogP contribution in [0.5, 0.6) is 5.75 Å². The first-order chi connectivity index (χ1) is 7.71. The number of benzene rings is 1. The van der Waals surface area contributed by atoms with Crippen LogP contribution in [0.15, 0.2) is 22.7 Å². The largest absolute Gasteiger partial charge is 0.480 e. The first kappa shape index (κ1) is 14.2. The van der Waals surface area contributed by atoms with Gasteiger partial charge < -0.3 is 10.5 Å². The van der Waals surface area contributed by atoms with E-state index in [-0.39, 0.29) is 16.3 Å². The van der Waals surface area contributed by atoms with Crippen LogP contribution in [0, 0.1) is 0 Å². The third-order valence-corrected chi connectivity index (χ3v) is 2.69. The molecule has 1 atom stereocenters. The minimum atomic E-state index is -4.43. The fourth-order valence-electron chi connectivity index (χ4n) is 1.05. The fraction of sp³-hybridized carbons (Fsp3) is 0.300. The van der Waals surface area contributed by atoms with E-state index in [4.69, 9.17) is 22.7 Å². The van der Waals surface area contributed by atoms with Crippen LogP contribution in [0.2, 0.25) is 0 Å². The molecule has 0 aromatic heterocycles. The van der Waals surface area contributed by atoms with Crippen molar-refractivity contribution < 1.29 is 17.9 Å². The molecule has 0 saturated heterocycles. The average Bonchev–Trinajstić information content (AvgIpc) is 2.15. The Morgan fingerprint density at radius 3 is 2.53 bits per heavy atom. The molecule has 0 aliphatic heterocycles. The molecule has 1 aromatic carbocycles. The van der Waals surface area contributed by atoms with Gasteiger partial charge in [-0.15, -0.1) is 0 Å². The lowest BCUT2D eigenvalue weighted by atomic mass is 10.2. The number of nitrogens with two attached hydrogens (primary N) is 1. The molecule has 0 saturated carbocycles. The monoisotopic (exact) mass is 327 g/mol. The quantitative estimate of drug-likeness (QED) is 0.864. The standard InChI is InChI=1S/C10H9BrF3NOS/c1-5(10(12,13)14)16-8-4-6(11)2-3-7(8)9(15)17/h2-5H,1H3,(H2,15,17). The van der Waals surface area contributed by atoms with Gasteiger partial charge in [0.25, 0.3) is 0 Å². The lowest BCUT2D eigenvalue weighted by Gasteiger charge is -2.19. The van der Waals surface area contributed by atoms with Crippen molar-refractivity contribution in [2.45, 2.75) is 19.2 Å². The molecule has 1 rings (SSSR count). The van der Waals surface area contributed by atoms with Gasteiger partial charge in [0, 0.05) is 4.47 Å². The topological polar surface area (TPSA) is 35.2 Å². The van der Waals surface area contributed by atoms with Crippen LogP contribution in [0.3, 0.4) is 0 Å². The van der Waals surface area contributed by atoms with E-state index in [0.29, 0.717) is 4.47 Å². The summed E-state index contributed by atoms with van der Waals surface area (Å²) >= 11 is 7.88. The molecule has 2 N–H and O–H groups in total. The molecule has 0 radical (unpaired) electrons. The van der Waals surface area contributed by atoms with Gasteiger partial charge in [-0.05, 0) is 25.1 Å².